The van der Waals surface area contributed by atoms with Gasteiger partial charge < -0.3 is 10.3 Å². The number of H-pyrrole nitrogens is 1. The molecule has 0 saturated heterocycles. The molecule has 0 radical (unpaired) electrons. The highest BCUT2D eigenvalue weighted by molar-refractivity contribution is 7.87. The van der Waals surface area contributed by atoms with E-state index in [4.69, 9.17) is 4.55 Å². The Morgan fingerprint density at radius 1 is 1.10 bits per heavy atom. The first-order valence-corrected chi connectivity index (χ1v) is 11.5. The van der Waals surface area contributed by atoms with Gasteiger partial charge in [-0.15, -0.1) is 0 Å². The largest absolute Gasteiger partial charge is 0.357 e. The summed E-state index contributed by atoms with van der Waals surface area (Å²) in [4.78, 5) is 20.3. The van der Waals surface area contributed by atoms with Gasteiger partial charge in [0.2, 0.25) is 5.91 Å². The van der Waals surface area contributed by atoms with Crippen LogP contribution in [0.1, 0.15) is 42.0 Å². The summed E-state index contributed by atoms with van der Waals surface area (Å²) in [5.41, 5.74) is 3.21. The van der Waals surface area contributed by atoms with E-state index in [1.165, 1.54) is 0 Å². The van der Waals surface area contributed by atoms with Gasteiger partial charge in [0, 0.05) is 18.3 Å². The number of nitrogens with zero attached hydrogens (tertiary/aromatic N) is 1. The van der Waals surface area contributed by atoms with Gasteiger partial charge in [-0.3, -0.25) is 14.1 Å². The molecule has 1 atom stereocenters. The standard InChI is InChI=1S/C22H26N4O4S/c1-2-18-15-23-22(24-18)20(25-21(27)13-10-16-6-4-3-5-7-16)14-17-8-11-19(12-9-17)26-31(28,29)30/h3-9,11-12,15,20,26H,2,10,13-14H2,1H3,(H,23,24)(H,25,27)(H,28,29,30)/t20-/m0/s1. The predicted octanol–water partition coefficient (Wildman–Crippen LogP) is 3.22. The number of rotatable bonds is 10. The van der Waals surface area contributed by atoms with Gasteiger partial charge in [-0.2, -0.15) is 8.42 Å². The Bertz CT molecular complexity index is 1100. The Hall–Kier alpha value is -3.17. The number of aromatic nitrogens is 2. The molecule has 1 amide bonds. The van der Waals surface area contributed by atoms with Crippen molar-refractivity contribution in [2.45, 2.75) is 38.6 Å². The van der Waals surface area contributed by atoms with E-state index in [-0.39, 0.29) is 17.6 Å². The zero-order valence-electron chi connectivity index (χ0n) is 17.2. The molecule has 0 spiro atoms. The average Bonchev–Trinajstić information content (AvgIpc) is 3.22. The monoisotopic (exact) mass is 442 g/mol. The van der Waals surface area contributed by atoms with Gasteiger partial charge in [-0.1, -0.05) is 49.4 Å². The van der Waals surface area contributed by atoms with Gasteiger partial charge in [-0.25, -0.2) is 4.98 Å². The Kier molecular flexibility index (Phi) is 7.43. The number of carbonyl (C=O) groups excluding carboxylic acids is 1. The number of hydrogen-bond donors (Lipinski definition) is 4. The Balaban J connectivity index is 1.69. The number of amides is 1. The molecule has 4 N–H and O–H groups in total. The maximum Gasteiger partial charge on any atom is 0.357 e. The Morgan fingerprint density at radius 2 is 1.81 bits per heavy atom. The molecule has 31 heavy (non-hydrogen) atoms. The van der Waals surface area contributed by atoms with Crippen molar-refractivity contribution < 1.29 is 17.8 Å². The van der Waals surface area contributed by atoms with E-state index in [9.17, 15) is 13.2 Å². The molecular weight excluding hydrogens is 416 g/mol. The molecule has 0 aliphatic carbocycles. The number of anilines is 1. The number of carbonyl (C=O) groups is 1. The van der Waals surface area contributed by atoms with Gasteiger partial charge in [0.05, 0.1) is 11.7 Å². The number of nitrogens with one attached hydrogen (secondary N) is 3. The van der Waals surface area contributed by atoms with Crippen LogP contribution in [-0.4, -0.2) is 28.8 Å². The third-order valence-corrected chi connectivity index (χ3v) is 5.31. The van der Waals surface area contributed by atoms with Gasteiger partial charge in [0.1, 0.15) is 5.82 Å². The molecule has 2 aromatic carbocycles. The van der Waals surface area contributed by atoms with Crippen molar-refractivity contribution in [3.8, 4) is 0 Å². The van der Waals surface area contributed by atoms with E-state index in [0.717, 1.165) is 23.2 Å². The third-order valence-electron chi connectivity index (χ3n) is 4.82. The minimum Gasteiger partial charge on any atom is -0.346 e. The van der Waals surface area contributed by atoms with Gasteiger partial charge >= 0.3 is 10.3 Å². The minimum atomic E-state index is -4.32. The minimum absolute atomic E-state index is 0.0760. The molecule has 0 bridgehead atoms. The normalized spacial score (nSPS) is 12.3. The number of imidazole rings is 1. The maximum atomic E-state index is 12.6. The van der Waals surface area contributed by atoms with E-state index in [1.807, 2.05) is 42.0 Å². The van der Waals surface area contributed by atoms with E-state index < -0.39 is 10.3 Å². The van der Waals surface area contributed by atoms with Crippen molar-refractivity contribution in [2.24, 2.45) is 0 Å². The summed E-state index contributed by atoms with van der Waals surface area (Å²) in [6.45, 7) is 2.02. The third kappa shape index (κ3) is 7.23. The number of benzene rings is 2. The van der Waals surface area contributed by atoms with E-state index in [2.05, 4.69) is 15.3 Å². The smallest absolute Gasteiger partial charge is 0.346 e. The summed E-state index contributed by atoms with van der Waals surface area (Å²) < 4.78 is 32.8. The van der Waals surface area contributed by atoms with Crippen LogP contribution in [0.15, 0.2) is 60.8 Å². The molecule has 3 rings (SSSR count). The predicted molar refractivity (Wildman–Crippen MR) is 119 cm³/mol. The number of hydrogen-bond acceptors (Lipinski definition) is 4. The SMILES string of the molecule is CCc1cnc([C@H](Cc2ccc(NS(=O)(=O)O)cc2)NC(=O)CCc2ccccc2)[nH]1. The fourth-order valence-electron chi connectivity index (χ4n) is 3.21. The van der Waals surface area contributed by atoms with Crippen molar-refractivity contribution in [3.05, 3.63) is 83.4 Å². The molecule has 0 fully saturated rings. The van der Waals surface area contributed by atoms with Crippen LogP contribution in [-0.2, 0) is 34.4 Å². The lowest BCUT2D eigenvalue weighted by Crippen LogP contribution is -2.31. The topological polar surface area (TPSA) is 124 Å². The first kappa shape index (κ1) is 22.5. The molecule has 1 aromatic heterocycles. The highest BCUT2D eigenvalue weighted by atomic mass is 32.2. The van der Waals surface area contributed by atoms with Crippen molar-refractivity contribution in [1.82, 2.24) is 15.3 Å². The van der Waals surface area contributed by atoms with Crippen LogP contribution in [0, 0.1) is 0 Å². The first-order valence-electron chi connectivity index (χ1n) is 10.0. The van der Waals surface area contributed by atoms with Gasteiger partial charge in [0.15, 0.2) is 0 Å². The highest BCUT2D eigenvalue weighted by Crippen LogP contribution is 2.19. The van der Waals surface area contributed by atoms with Crippen molar-refractivity contribution >= 4 is 21.9 Å². The second-order valence-corrected chi connectivity index (χ2v) is 8.39. The summed E-state index contributed by atoms with van der Waals surface area (Å²) in [5, 5.41) is 3.06. The van der Waals surface area contributed by atoms with Crippen molar-refractivity contribution in [3.63, 3.8) is 0 Å². The summed E-state index contributed by atoms with van der Waals surface area (Å²) >= 11 is 0. The lowest BCUT2D eigenvalue weighted by Gasteiger charge is -2.17. The van der Waals surface area contributed by atoms with E-state index in [0.29, 0.717) is 25.1 Å². The van der Waals surface area contributed by atoms with Gasteiger partial charge in [-0.05, 0) is 42.5 Å². The van der Waals surface area contributed by atoms with Crippen molar-refractivity contribution in [2.75, 3.05) is 4.72 Å². The van der Waals surface area contributed by atoms with Crippen molar-refractivity contribution in [1.29, 1.82) is 0 Å². The molecule has 0 aliphatic rings. The molecule has 0 unspecified atom stereocenters. The summed E-state index contributed by atoms with van der Waals surface area (Å²) in [5.74, 6) is 0.595. The fraction of sp³-hybridized carbons (Fsp3) is 0.273. The van der Waals surface area contributed by atoms with Crippen LogP contribution in [0.5, 0.6) is 0 Å². The summed E-state index contributed by atoms with van der Waals surface area (Å²) in [6, 6.07) is 16.0. The van der Waals surface area contributed by atoms with E-state index in [1.54, 1.807) is 30.5 Å². The van der Waals surface area contributed by atoms with Crippen LogP contribution in [0.2, 0.25) is 0 Å². The molecule has 3 aromatic rings. The van der Waals surface area contributed by atoms with Crippen LogP contribution < -0.4 is 10.0 Å². The quantitative estimate of drug-likeness (QED) is 0.359. The summed E-state index contributed by atoms with van der Waals surface area (Å²) in [7, 11) is -4.32. The van der Waals surface area contributed by atoms with Crippen LogP contribution in [0.3, 0.4) is 0 Å². The average molecular weight is 443 g/mol. The van der Waals surface area contributed by atoms with Crippen LogP contribution in [0.4, 0.5) is 5.69 Å². The van der Waals surface area contributed by atoms with E-state index >= 15 is 0 Å². The molecular formula is C22H26N4O4S. The first-order chi connectivity index (χ1) is 14.8. The van der Waals surface area contributed by atoms with Crippen LogP contribution >= 0.6 is 0 Å². The maximum absolute atomic E-state index is 12.6. The molecule has 1 heterocycles. The van der Waals surface area contributed by atoms with Crippen LogP contribution in [0.25, 0.3) is 0 Å². The Labute approximate surface area is 182 Å². The second kappa shape index (κ2) is 10.2. The number of aromatic amines is 1. The fourth-order valence-corrected chi connectivity index (χ4v) is 3.65. The summed E-state index contributed by atoms with van der Waals surface area (Å²) in [6.07, 6.45) is 4.04. The zero-order chi connectivity index (χ0) is 22.3. The zero-order valence-corrected chi connectivity index (χ0v) is 18.0. The lowest BCUT2D eigenvalue weighted by atomic mass is 10.0. The molecule has 164 valence electrons. The molecule has 8 nitrogen and oxygen atoms in total. The second-order valence-electron chi connectivity index (χ2n) is 7.23. The molecule has 9 heteroatoms. The van der Waals surface area contributed by atoms with Gasteiger partial charge in [0.25, 0.3) is 0 Å². The Morgan fingerprint density at radius 3 is 2.42 bits per heavy atom. The lowest BCUT2D eigenvalue weighted by molar-refractivity contribution is -0.121. The number of aryl methyl sites for hydroxylation is 2. The molecule has 0 saturated carbocycles. The highest BCUT2D eigenvalue weighted by Gasteiger charge is 2.19. The molecule has 0 aliphatic heterocycles.